The second kappa shape index (κ2) is 11.7. The molecular formula is C24H36NO7S+. The van der Waals surface area contributed by atoms with Gasteiger partial charge in [0, 0.05) is 37.8 Å². The quantitative estimate of drug-likeness (QED) is 0.174. The highest BCUT2D eigenvalue weighted by Crippen LogP contribution is 2.44. The van der Waals surface area contributed by atoms with Gasteiger partial charge in [0.1, 0.15) is 6.54 Å². The lowest BCUT2D eigenvalue weighted by atomic mass is 9.76. The first kappa shape index (κ1) is 27.0. The van der Waals surface area contributed by atoms with Gasteiger partial charge in [-0.2, -0.15) is 13.0 Å². The number of hydrogen-bond acceptors (Lipinski definition) is 5. The molecule has 33 heavy (non-hydrogen) atoms. The topological polar surface area (TPSA) is 121 Å². The Balaban J connectivity index is 2.17. The van der Waals surface area contributed by atoms with Crippen molar-refractivity contribution in [3.63, 3.8) is 0 Å². The van der Waals surface area contributed by atoms with E-state index < -0.39 is 21.5 Å². The number of nitrogens with zero attached hydrogens (tertiary/aromatic N) is 1. The molecule has 0 aromatic heterocycles. The molecule has 184 valence electrons. The Bertz CT molecular complexity index is 1000. The van der Waals surface area contributed by atoms with E-state index in [2.05, 4.69) is 11.5 Å². The van der Waals surface area contributed by atoms with Gasteiger partial charge in [0.15, 0.2) is 5.71 Å². The van der Waals surface area contributed by atoms with Crippen LogP contribution in [0.4, 0.5) is 5.69 Å². The van der Waals surface area contributed by atoms with Crippen LogP contribution in [0, 0.1) is 0 Å². The number of aliphatic carboxylic acids is 1. The highest BCUT2D eigenvalue weighted by Gasteiger charge is 2.46. The summed E-state index contributed by atoms with van der Waals surface area (Å²) in [4.78, 5) is 22.2. The van der Waals surface area contributed by atoms with Crippen LogP contribution in [0.15, 0.2) is 23.1 Å². The van der Waals surface area contributed by atoms with Gasteiger partial charge >= 0.3 is 11.9 Å². The molecule has 0 saturated heterocycles. The van der Waals surface area contributed by atoms with Crippen LogP contribution in [0.2, 0.25) is 0 Å². The Hall–Kier alpha value is -2.26. The van der Waals surface area contributed by atoms with Gasteiger partial charge in [-0.3, -0.25) is 14.1 Å². The number of esters is 1. The molecule has 8 nitrogen and oxygen atoms in total. The summed E-state index contributed by atoms with van der Waals surface area (Å²) in [5.41, 5.74) is 2.48. The number of rotatable bonds is 14. The zero-order chi connectivity index (χ0) is 24.6. The van der Waals surface area contributed by atoms with E-state index in [-0.39, 0.29) is 17.3 Å². The van der Waals surface area contributed by atoms with Gasteiger partial charge in [0.25, 0.3) is 10.1 Å². The lowest BCUT2D eigenvalue weighted by Gasteiger charge is -2.22. The van der Waals surface area contributed by atoms with Crippen LogP contribution in [-0.4, -0.2) is 53.5 Å². The summed E-state index contributed by atoms with van der Waals surface area (Å²) in [6.45, 7) is 7.04. The van der Waals surface area contributed by atoms with Crippen molar-refractivity contribution in [2.75, 3.05) is 13.2 Å². The fourth-order valence-electron chi connectivity index (χ4n) is 4.51. The molecule has 0 aliphatic carbocycles. The second-order valence-corrected chi connectivity index (χ2v) is 10.2. The number of carboxylic acid groups (broad SMARTS) is 1. The number of carboxylic acids is 1. The summed E-state index contributed by atoms with van der Waals surface area (Å²) in [5, 5.41) is 8.85. The van der Waals surface area contributed by atoms with E-state index in [1.165, 1.54) is 6.07 Å². The SMILES string of the molecule is CCOC(=O)CCCCC[N+]1=C(C)C(C)(CCCCCC(=O)O)c2cc(S(=O)(=O)O)ccc21. The Morgan fingerprint density at radius 3 is 2.36 bits per heavy atom. The molecule has 1 aliphatic rings. The van der Waals surface area contributed by atoms with Crippen LogP contribution < -0.4 is 0 Å². The van der Waals surface area contributed by atoms with Crippen molar-refractivity contribution in [1.29, 1.82) is 0 Å². The standard InChI is InChI=1S/C24H35NO7S/c1-4-32-23(28)12-8-6-10-16-25-18(2)24(3,15-9-5-7-11-22(26)27)20-17-19(33(29,30)31)13-14-21(20)25/h13-14,17H,4-12,15-16H2,1-3H3,(H-,26,27,29,30,31)/p+1. The largest absolute Gasteiger partial charge is 0.481 e. The highest BCUT2D eigenvalue weighted by atomic mass is 32.2. The monoisotopic (exact) mass is 482 g/mol. The summed E-state index contributed by atoms with van der Waals surface area (Å²) < 4.78 is 40.2. The van der Waals surface area contributed by atoms with Crippen molar-refractivity contribution >= 4 is 33.5 Å². The lowest BCUT2D eigenvalue weighted by Crippen LogP contribution is -2.30. The Kier molecular flexibility index (Phi) is 9.60. The number of unbranched alkanes of at least 4 members (excludes halogenated alkanes) is 4. The molecule has 0 bridgehead atoms. The van der Waals surface area contributed by atoms with E-state index in [0.717, 1.165) is 62.0 Å². The van der Waals surface area contributed by atoms with Gasteiger partial charge in [0.2, 0.25) is 5.69 Å². The smallest absolute Gasteiger partial charge is 0.305 e. The molecule has 0 fully saturated rings. The fourth-order valence-corrected chi connectivity index (χ4v) is 5.02. The molecule has 1 aromatic rings. The van der Waals surface area contributed by atoms with Crippen LogP contribution in [0.5, 0.6) is 0 Å². The summed E-state index contributed by atoms with van der Waals surface area (Å²) >= 11 is 0. The van der Waals surface area contributed by atoms with Crippen molar-refractivity contribution in [2.45, 2.75) is 88.9 Å². The molecule has 1 atom stereocenters. The highest BCUT2D eigenvalue weighted by molar-refractivity contribution is 7.85. The molecule has 0 spiro atoms. The predicted molar refractivity (Wildman–Crippen MR) is 125 cm³/mol. The summed E-state index contributed by atoms with van der Waals surface area (Å²) in [5.74, 6) is -0.984. The molecular weight excluding hydrogens is 446 g/mol. The third kappa shape index (κ3) is 7.11. The molecule has 9 heteroatoms. The summed E-state index contributed by atoms with van der Waals surface area (Å²) in [6, 6.07) is 4.73. The van der Waals surface area contributed by atoms with Crippen LogP contribution >= 0.6 is 0 Å². The number of ether oxygens (including phenoxy) is 1. The Labute approximate surface area is 196 Å². The second-order valence-electron chi connectivity index (χ2n) is 8.79. The van der Waals surface area contributed by atoms with Gasteiger partial charge in [-0.25, -0.2) is 0 Å². The number of hydrogen-bond donors (Lipinski definition) is 2. The van der Waals surface area contributed by atoms with Crippen molar-refractivity contribution < 1.29 is 37.0 Å². The van der Waals surface area contributed by atoms with Crippen LogP contribution in [-0.2, 0) is 29.9 Å². The van der Waals surface area contributed by atoms with E-state index in [9.17, 15) is 22.6 Å². The van der Waals surface area contributed by atoms with Crippen molar-refractivity contribution in [3.8, 4) is 0 Å². The minimum Gasteiger partial charge on any atom is -0.481 e. The average Bonchev–Trinajstić information content (AvgIpc) is 2.94. The van der Waals surface area contributed by atoms with Crippen LogP contribution in [0.1, 0.15) is 84.1 Å². The van der Waals surface area contributed by atoms with Crippen LogP contribution in [0.25, 0.3) is 0 Å². The van der Waals surface area contributed by atoms with E-state index >= 15 is 0 Å². The number of benzene rings is 1. The lowest BCUT2D eigenvalue weighted by molar-refractivity contribution is -0.439. The van der Waals surface area contributed by atoms with Gasteiger partial charge in [-0.15, -0.1) is 0 Å². The first-order valence-electron chi connectivity index (χ1n) is 11.6. The zero-order valence-corrected chi connectivity index (χ0v) is 20.6. The number of fused-ring (bicyclic) bond motifs is 1. The molecule has 0 saturated carbocycles. The van der Waals surface area contributed by atoms with E-state index in [1.54, 1.807) is 19.1 Å². The Morgan fingerprint density at radius 2 is 1.73 bits per heavy atom. The predicted octanol–water partition coefficient (Wildman–Crippen LogP) is 4.47. The number of carbonyl (C=O) groups excluding carboxylic acids is 1. The minimum absolute atomic E-state index is 0.123. The maximum atomic E-state index is 11.8. The Morgan fingerprint density at radius 1 is 1.06 bits per heavy atom. The van der Waals surface area contributed by atoms with Crippen molar-refractivity contribution in [2.24, 2.45) is 0 Å². The van der Waals surface area contributed by atoms with Crippen LogP contribution in [0.3, 0.4) is 0 Å². The van der Waals surface area contributed by atoms with E-state index in [0.29, 0.717) is 19.4 Å². The van der Waals surface area contributed by atoms with Gasteiger partial charge < -0.3 is 9.84 Å². The van der Waals surface area contributed by atoms with Gasteiger partial charge in [-0.05, 0) is 51.7 Å². The molecule has 0 amide bonds. The fraction of sp³-hybridized carbons (Fsp3) is 0.625. The molecule has 1 heterocycles. The molecule has 1 unspecified atom stereocenters. The maximum Gasteiger partial charge on any atom is 0.305 e. The van der Waals surface area contributed by atoms with E-state index in [1.807, 2.05) is 6.92 Å². The van der Waals surface area contributed by atoms with Crippen molar-refractivity contribution in [1.82, 2.24) is 0 Å². The average molecular weight is 483 g/mol. The molecule has 2 rings (SSSR count). The minimum atomic E-state index is -4.32. The normalized spacial score (nSPS) is 17.8. The number of carbonyl (C=O) groups is 2. The first-order valence-corrected chi connectivity index (χ1v) is 13.1. The van der Waals surface area contributed by atoms with Gasteiger partial charge in [-0.1, -0.05) is 12.8 Å². The third-order valence-electron chi connectivity index (χ3n) is 6.49. The van der Waals surface area contributed by atoms with Crippen molar-refractivity contribution in [3.05, 3.63) is 23.8 Å². The molecule has 1 aliphatic heterocycles. The molecule has 0 radical (unpaired) electrons. The van der Waals surface area contributed by atoms with Gasteiger partial charge in [0.05, 0.1) is 16.9 Å². The third-order valence-corrected chi connectivity index (χ3v) is 7.34. The molecule has 2 N–H and O–H groups in total. The zero-order valence-electron chi connectivity index (χ0n) is 19.8. The maximum absolute atomic E-state index is 11.8. The molecule has 1 aromatic carbocycles. The first-order chi connectivity index (χ1) is 15.5. The summed E-state index contributed by atoms with van der Waals surface area (Å²) in [6.07, 6.45) is 5.96. The van der Waals surface area contributed by atoms with E-state index in [4.69, 9.17) is 9.84 Å². The summed E-state index contributed by atoms with van der Waals surface area (Å²) in [7, 11) is -4.32.